The van der Waals surface area contributed by atoms with Gasteiger partial charge in [-0.05, 0) is 18.9 Å². The Morgan fingerprint density at radius 2 is 2.19 bits per heavy atom. The molecule has 1 aliphatic heterocycles. The number of aromatic nitrogens is 1. The molecular formula is C19H27IN4OS. The topological polar surface area (TPSA) is 49.8 Å². The van der Waals surface area contributed by atoms with Crippen molar-refractivity contribution in [2.75, 3.05) is 26.7 Å². The molecule has 0 bridgehead atoms. The molecule has 0 amide bonds. The van der Waals surface area contributed by atoms with Gasteiger partial charge in [0.15, 0.2) is 5.96 Å². The van der Waals surface area contributed by atoms with E-state index in [0.717, 1.165) is 43.6 Å². The molecule has 1 aromatic carbocycles. The monoisotopic (exact) mass is 486 g/mol. The van der Waals surface area contributed by atoms with Crippen molar-refractivity contribution >= 4 is 41.3 Å². The van der Waals surface area contributed by atoms with Crippen LogP contribution in [0.3, 0.4) is 0 Å². The molecule has 2 aromatic rings. The number of halogens is 1. The number of hydrogen-bond acceptors (Lipinski definition) is 4. The molecule has 142 valence electrons. The van der Waals surface area contributed by atoms with Crippen molar-refractivity contribution in [3.05, 3.63) is 52.0 Å². The van der Waals surface area contributed by atoms with Gasteiger partial charge in [-0.1, -0.05) is 30.3 Å². The number of rotatable bonds is 6. The summed E-state index contributed by atoms with van der Waals surface area (Å²) in [6.07, 6.45) is 3.08. The highest BCUT2D eigenvalue weighted by Gasteiger charge is 2.25. The van der Waals surface area contributed by atoms with Crippen LogP contribution in [0.2, 0.25) is 0 Å². The summed E-state index contributed by atoms with van der Waals surface area (Å²) in [5.41, 5.74) is 1.23. The zero-order valence-corrected chi connectivity index (χ0v) is 18.5. The van der Waals surface area contributed by atoms with Crippen LogP contribution in [-0.4, -0.2) is 42.6 Å². The number of nitrogens with one attached hydrogen (secondary N) is 1. The second-order valence-corrected chi connectivity index (χ2v) is 7.67. The Morgan fingerprint density at radius 3 is 2.88 bits per heavy atom. The van der Waals surface area contributed by atoms with E-state index in [-0.39, 0.29) is 24.0 Å². The first-order valence-corrected chi connectivity index (χ1v) is 9.55. The van der Waals surface area contributed by atoms with Crippen LogP contribution in [0.25, 0.3) is 0 Å². The molecule has 26 heavy (non-hydrogen) atoms. The Hall–Kier alpha value is -1.19. The minimum Gasteiger partial charge on any atom is -0.376 e. The van der Waals surface area contributed by atoms with Gasteiger partial charge in [0.05, 0.1) is 24.8 Å². The van der Waals surface area contributed by atoms with Crippen LogP contribution in [0, 0.1) is 12.8 Å². The van der Waals surface area contributed by atoms with Gasteiger partial charge >= 0.3 is 0 Å². The molecule has 1 unspecified atom stereocenters. The number of nitrogens with zero attached hydrogens (tertiary/aromatic N) is 3. The number of hydrogen-bond donors (Lipinski definition) is 1. The highest BCUT2D eigenvalue weighted by Crippen LogP contribution is 2.18. The molecule has 0 radical (unpaired) electrons. The minimum atomic E-state index is 0. The van der Waals surface area contributed by atoms with E-state index >= 15 is 0 Å². The Bertz CT molecular complexity index is 692. The van der Waals surface area contributed by atoms with Crippen LogP contribution in [-0.2, 0) is 17.9 Å². The third-order valence-electron chi connectivity index (χ3n) is 4.35. The zero-order chi connectivity index (χ0) is 17.5. The summed E-state index contributed by atoms with van der Waals surface area (Å²) in [5.74, 6) is 1.53. The molecule has 0 spiro atoms. The van der Waals surface area contributed by atoms with Gasteiger partial charge in [0.25, 0.3) is 0 Å². The van der Waals surface area contributed by atoms with E-state index in [1.807, 2.05) is 26.2 Å². The van der Waals surface area contributed by atoms with E-state index in [1.54, 1.807) is 11.3 Å². The fourth-order valence-corrected chi connectivity index (χ4v) is 3.80. The van der Waals surface area contributed by atoms with Crippen molar-refractivity contribution in [1.29, 1.82) is 0 Å². The lowest BCUT2D eigenvalue weighted by atomic mass is 10.1. The van der Waals surface area contributed by atoms with Gasteiger partial charge in [0.2, 0.25) is 0 Å². The first kappa shape index (κ1) is 21.1. The molecular weight excluding hydrogens is 459 g/mol. The van der Waals surface area contributed by atoms with E-state index in [0.29, 0.717) is 12.5 Å². The lowest BCUT2D eigenvalue weighted by Crippen LogP contribution is -2.39. The summed E-state index contributed by atoms with van der Waals surface area (Å²) >= 11 is 1.73. The highest BCUT2D eigenvalue weighted by molar-refractivity contribution is 14.0. The quantitative estimate of drug-likeness (QED) is 0.385. The number of ether oxygens (including phenoxy) is 1. The summed E-state index contributed by atoms with van der Waals surface area (Å²) in [6.45, 7) is 6.33. The number of likely N-dealkylation sites (tertiary alicyclic amines) is 1. The molecule has 1 N–H and O–H groups in total. The highest BCUT2D eigenvalue weighted by atomic mass is 127. The average Bonchev–Trinajstić information content (AvgIpc) is 3.26. The van der Waals surface area contributed by atoms with Crippen molar-refractivity contribution in [2.24, 2.45) is 10.9 Å². The summed E-state index contributed by atoms with van der Waals surface area (Å²) < 4.78 is 5.90. The van der Waals surface area contributed by atoms with Gasteiger partial charge in [0.1, 0.15) is 0 Å². The Labute approximate surface area is 176 Å². The van der Waals surface area contributed by atoms with Crippen LogP contribution < -0.4 is 5.32 Å². The van der Waals surface area contributed by atoms with Crippen molar-refractivity contribution in [3.8, 4) is 0 Å². The molecule has 1 aliphatic rings. The van der Waals surface area contributed by atoms with Crippen LogP contribution in [0.5, 0.6) is 0 Å². The molecule has 0 aliphatic carbocycles. The standard InChI is InChI=1S/C19H26N4OS.HI/c1-15-21-10-18(25-15)11-22-19(20-2)23-9-8-17(12-23)14-24-13-16-6-4-3-5-7-16;/h3-7,10,17H,8-9,11-14H2,1-2H3,(H,20,22);1H. The predicted octanol–water partition coefficient (Wildman–Crippen LogP) is 3.68. The average molecular weight is 486 g/mol. The fourth-order valence-electron chi connectivity index (χ4n) is 3.06. The van der Waals surface area contributed by atoms with Crippen molar-refractivity contribution < 1.29 is 4.74 Å². The van der Waals surface area contributed by atoms with E-state index in [9.17, 15) is 0 Å². The van der Waals surface area contributed by atoms with Crippen LogP contribution in [0.4, 0.5) is 0 Å². The molecule has 1 atom stereocenters. The van der Waals surface area contributed by atoms with E-state index in [4.69, 9.17) is 4.74 Å². The van der Waals surface area contributed by atoms with Gasteiger partial charge in [-0.2, -0.15) is 0 Å². The number of guanidine groups is 1. The molecule has 1 aromatic heterocycles. The van der Waals surface area contributed by atoms with E-state index < -0.39 is 0 Å². The summed E-state index contributed by atoms with van der Waals surface area (Å²) in [5, 5.41) is 4.55. The first-order chi connectivity index (χ1) is 12.2. The van der Waals surface area contributed by atoms with Gasteiger partial charge in [-0.15, -0.1) is 35.3 Å². The smallest absolute Gasteiger partial charge is 0.193 e. The molecule has 1 fully saturated rings. The minimum absolute atomic E-state index is 0. The lowest BCUT2D eigenvalue weighted by molar-refractivity contribution is 0.0906. The lowest BCUT2D eigenvalue weighted by Gasteiger charge is -2.21. The van der Waals surface area contributed by atoms with Gasteiger partial charge in [0, 0.05) is 37.1 Å². The predicted molar refractivity (Wildman–Crippen MR) is 118 cm³/mol. The van der Waals surface area contributed by atoms with Gasteiger partial charge in [-0.25, -0.2) is 4.98 Å². The van der Waals surface area contributed by atoms with Crippen LogP contribution in [0.1, 0.15) is 21.9 Å². The Balaban J connectivity index is 0.00000243. The molecule has 5 nitrogen and oxygen atoms in total. The van der Waals surface area contributed by atoms with Crippen LogP contribution >= 0.6 is 35.3 Å². The van der Waals surface area contributed by atoms with E-state index in [1.165, 1.54) is 10.4 Å². The largest absolute Gasteiger partial charge is 0.376 e. The third kappa shape index (κ3) is 6.21. The molecule has 7 heteroatoms. The number of benzene rings is 1. The Kier molecular flexibility index (Phi) is 8.80. The van der Waals surface area contributed by atoms with Gasteiger partial charge in [-0.3, -0.25) is 4.99 Å². The SMILES string of the molecule is CN=C(NCc1cnc(C)s1)N1CCC(COCc2ccccc2)C1.I. The second kappa shape index (κ2) is 10.8. The molecule has 2 heterocycles. The molecule has 3 rings (SSSR count). The zero-order valence-electron chi connectivity index (χ0n) is 15.4. The number of thiazole rings is 1. The summed E-state index contributed by atoms with van der Waals surface area (Å²) in [7, 11) is 1.85. The normalized spacial score (nSPS) is 17.2. The maximum absolute atomic E-state index is 5.90. The van der Waals surface area contributed by atoms with Crippen molar-refractivity contribution in [1.82, 2.24) is 15.2 Å². The number of aryl methyl sites for hydroxylation is 1. The van der Waals surface area contributed by atoms with Crippen molar-refractivity contribution in [2.45, 2.75) is 26.5 Å². The summed E-state index contributed by atoms with van der Waals surface area (Å²) in [6, 6.07) is 10.3. The second-order valence-electron chi connectivity index (χ2n) is 6.35. The van der Waals surface area contributed by atoms with Crippen molar-refractivity contribution in [3.63, 3.8) is 0 Å². The number of aliphatic imine (C=N–C) groups is 1. The maximum atomic E-state index is 5.90. The molecule has 0 saturated carbocycles. The van der Waals surface area contributed by atoms with Crippen LogP contribution in [0.15, 0.2) is 41.5 Å². The Morgan fingerprint density at radius 1 is 1.38 bits per heavy atom. The van der Waals surface area contributed by atoms with E-state index in [2.05, 4.69) is 44.5 Å². The molecule has 1 saturated heterocycles. The van der Waals surface area contributed by atoms with Gasteiger partial charge < -0.3 is 15.0 Å². The third-order valence-corrected chi connectivity index (χ3v) is 5.26. The first-order valence-electron chi connectivity index (χ1n) is 8.73. The summed E-state index contributed by atoms with van der Waals surface area (Å²) in [4.78, 5) is 12.3. The fraction of sp³-hybridized carbons (Fsp3) is 0.474. The maximum Gasteiger partial charge on any atom is 0.193 e.